The first-order chi connectivity index (χ1) is 28.2. The van der Waals surface area contributed by atoms with E-state index in [9.17, 15) is 28.8 Å². The second-order valence-corrected chi connectivity index (χ2v) is 13.3. The second kappa shape index (κ2) is 20.4. The summed E-state index contributed by atoms with van der Waals surface area (Å²) in [7, 11) is 0. The van der Waals surface area contributed by atoms with E-state index >= 15 is 0 Å². The molecular weight excluding hydrogens is 760 g/mol. The molecule has 18 nitrogen and oxygen atoms in total. The number of nitrogens with zero attached hydrogens (tertiary/aromatic N) is 3. The Hall–Kier alpha value is -5.37. The van der Waals surface area contributed by atoms with E-state index in [2.05, 4.69) is 5.32 Å². The van der Waals surface area contributed by atoms with Gasteiger partial charge in [0.2, 0.25) is 11.5 Å². The Morgan fingerprint density at radius 2 is 1.41 bits per heavy atom. The van der Waals surface area contributed by atoms with Crippen molar-refractivity contribution in [1.29, 1.82) is 0 Å². The maximum absolute atomic E-state index is 13.7. The Labute approximate surface area is 333 Å². The van der Waals surface area contributed by atoms with E-state index in [0.717, 1.165) is 21.4 Å². The Kier molecular flexibility index (Phi) is 14.8. The maximum atomic E-state index is 13.7. The molecule has 0 bridgehead atoms. The van der Waals surface area contributed by atoms with Crippen LogP contribution in [0.5, 0.6) is 0 Å². The third kappa shape index (κ3) is 10.2. The predicted molar refractivity (Wildman–Crippen MR) is 202 cm³/mol. The summed E-state index contributed by atoms with van der Waals surface area (Å²) in [6.07, 6.45) is 2.46. The van der Waals surface area contributed by atoms with Crippen LogP contribution >= 0.6 is 0 Å². The van der Waals surface area contributed by atoms with Crippen LogP contribution in [0.3, 0.4) is 0 Å². The van der Waals surface area contributed by atoms with E-state index in [4.69, 9.17) is 42.9 Å². The number of pyridine rings is 2. The first kappa shape index (κ1) is 42.2. The topological polar surface area (TPSA) is 209 Å². The second-order valence-electron chi connectivity index (χ2n) is 13.3. The zero-order valence-electron chi connectivity index (χ0n) is 32.2. The number of esters is 2. The number of imide groups is 1. The van der Waals surface area contributed by atoms with Gasteiger partial charge < -0.3 is 47.8 Å². The van der Waals surface area contributed by atoms with Crippen molar-refractivity contribution in [1.82, 2.24) is 19.8 Å². The normalized spacial score (nSPS) is 16.7. The summed E-state index contributed by atoms with van der Waals surface area (Å²) in [5, 5.41) is 3.37. The zero-order valence-corrected chi connectivity index (χ0v) is 32.2. The van der Waals surface area contributed by atoms with Crippen molar-refractivity contribution in [2.24, 2.45) is 0 Å². The summed E-state index contributed by atoms with van der Waals surface area (Å²) in [4.78, 5) is 81.2. The minimum atomic E-state index is -1.89. The molecule has 6 rings (SSSR count). The number of carbonyl (C=O) groups excluding carboxylic acids is 5. The van der Waals surface area contributed by atoms with Crippen LogP contribution in [0, 0.1) is 0 Å². The lowest BCUT2D eigenvalue weighted by Gasteiger charge is -2.35. The number of hydrogen-bond donors (Lipinski definition) is 1. The third-order valence-corrected chi connectivity index (χ3v) is 9.56. The molecule has 0 saturated carbocycles. The Morgan fingerprint density at radius 3 is 2.05 bits per heavy atom. The van der Waals surface area contributed by atoms with Crippen molar-refractivity contribution < 1.29 is 61.9 Å². The van der Waals surface area contributed by atoms with Crippen LogP contribution in [-0.2, 0) is 80.6 Å². The molecule has 0 unspecified atom stereocenters. The number of carbonyl (C=O) groups is 5. The molecule has 0 aliphatic carbocycles. The average Bonchev–Trinajstić information content (AvgIpc) is 3.75. The molecule has 3 aliphatic heterocycles. The minimum absolute atomic E-state index is 0.00816. The lowest BCUT2D eigenvalue weighted by atomic mass is 9.85. The monoisotopic (exact) mass is 806 g/mol. The minimum Gasteiger partial charge on any atom is -0.457 e. The highest BCUT2D eigenvalue weighted by molar-refractivity contribution is 6.12. The van der Waals surface area contributed by atoms with Crippen LogP contribution in [0.2, 0.25) is 0 Å². The molecule has 2 aromatic heterocycles. The van der Waals surface area contributed by atoms with E-state index in [0.29, 0.717) is 70.8 Å². The number of para-hydroxylation sites is 1. The van der Waals surface area contributed by atoms with E-state index in [1.54, 1.807) is 17.6 Å². The van der Waals surface area contributed by atoms with Gasteiger partial charge in [0, 0.05) is 28.7 Å². The zero-order chi connectivity index (χ0) is 40.9. The lowest BCUT2D eigenvalue weighted by molar-refractivity contribution is -0.189. The van der Waals surface area contributed by atoms with E-state index in [1.165, 1.54) is 12.2 Å². The van der Waals surface area contributed by atoms with Crippen LogP contribution in [-0.4, -0.2) is 136 Å². The number of amides is 3. The highest BCUT2D eigenvalue weighted by Gasteiger charge is 2.50. The fraction of sp³-hybridized carbons (Fsp3) is 0.475. The number of hydrogen-bond acceptors (Lipinski definition) is 15. The van der Waals surface area contributed by atoms with Gasteiger partial charge in [0.05, 0.1) is 108 Å². The number of fused-ring (bicyclic) bond motifs is 5. The number of rotatable bonds is 24. The van der Waals surface area contributed by atoms with Crippen LogP contribution in [0.15, 0.2) is 53.3 Å². The van der Waals surface area contributed by atoms with Crippen molar-refractivity contribution in [3.05, 3.63) is 75.6 Å². The molecule has 0 saturated heterocycles. The number of benzene rings is 1. The summed E-state index contributed by atoms with van der Waals surface area (Å²) in [6.45, 7) is 4.43. The third-order valence-electron chi connectivity index (χ3n) is 9.56. The van der Waals surface area contributed by atoms with Gasteiger partial charge in [-0.05, 0) is 24.6 Å². The molecule has 0 fully saturated rings. The standard InChI is InChI=1S/C40H46N4O14/c1-2-40(30-22-32-37-28(21-27-5-3-4-6-31(27)42-37)24-44(32)38(49)29(30)25-57-39(40)50)58-36(48)23-41-33(45)26-56-20-19-55-18-17-54-16-15-53-14-13-52-12-11-51-10-9-43-34(46)7-8-35(43)47/h3-8,21-22H,2,9-20,23-26H2,1H3,(H,41,45)/t40-/m0/s1. The highest BCUT2D eigenvalue weighted by Crippen LogP contribution is 2.41. The van der Waals surface area contributed by atoms with Gasteiger partial charge in [-0.15, -0.1) is 0 Å². The van der Waals surface area contributed by atoms with Crippen molar-refractivity contribution in [3.8, 4) is 11.4 Å². The molecule has 0 spiro atoms. The Balaban J connectivity index is 0.810. The molecule has 310 valence electrons. The SMILES string of the molecule is CC[C@@]1(OC(=O)CNC(=O)COCCOCCOCCOCCOCCOCCN2C(=O)C=CC2=O)C(=O)OCc2c1cc1n(c2=O)Cc2cc3ccccc3nc2-1. The smallest absolute Gasteiger partial charge is 0.355 e. The highest BCUT2D eigenvalue weighted by atomic mass is 16.6. The average molecular weight is 807 g/mol. The van der Waals surface area contributed by atoms with Gasteiger partial charge >= 0.3 is 11.9 Å². The Morgan fingerprint density at radius 1 is 0.810 bits per heavy atom. The van der Waals surface area contributed by atoms with Crippen LogP contribution in [0.1, 0.15) is 30.0 Å². The first-order valence-electron chi connectivity index (χ1n) is 19.0. The summed E-state index contributed by atoms with van der Waals surface area (Å²) in [5.74, 6) is -2.94. The van der Waals surface area contributed by atoms with Crippen LogP contribution in [0.4, 0.5) is 0 Å². The number of nitrogens with one attached hydrogen (secondary N) is 1. The van der Waals surface area contributed by atoms with Gasteiger partial charge in [-0.2, -0.15) is 0 Å². The van der Waals surface area contributed by atoms with Gasteiger partial charge in [0.15, 0.2) is 0 Å². The molecule has 3 aromatic rings. The quantitative estimate of drug-likeness (QED) is 0.0589. The molecule has 5 heterocycles. The van der Waals surface area contributed by atoms with E-state index in [-0.39, 0.29) is 74.5 Å². The van der Waals surface area contributed by atoms with Crippen LogP contribution < -0.4 is 10.9 Å². The Bertz CT molecular complexity index is 2070. The number of ether oxygens (including phenoxy) is 8. The van der Waals surface area contributed by atoms with E-state index in [1.807, 2.05) is 30.3 Å². The number of aromatic nitrogens is 2. The van der Waals surface area contributed by atoms with Crippen molar-refractivity contribution >= 4 is 40.6 Å². The molecule has 1 N–H and O–H groups in total. The fourth-order valence-corrected chi connectivity index (χ4v) is 6.61. The van der Waals surface area contributed by atoms with Gasteiger partial charge in [0.25, 0.3) is 17.4 Å². The molecule has 3 aliphatic rings. The fourth-order valence-electron chi connectivity index (χ4n) is 6.61. The lowest BCUT2D eigenvalue weighted by Crippen LogP contribution is -2.48. The summed E-state index contributed by atoms with van der Waals surface area (Å²) >= 11 is 0. The summed E-state index contributed by atoms with van der Waals surface area (Å²) in [6, 6.07) is 11.3. The predicted octanol–water partition coefficient (Wildman–Crippen LogP) is 0.771. The maximum Gasteiger partial charge on any atom is 0.355 e. The largest absolute Gasteiger partial charge is 0.457 e. The number of cyclic esters (lactones) is 1. The van der Waals surface area contributed by atoms with Gasteiger partial charge in [-0.25, -0.2) is 9.78 Å². The van der Waals surface area contributed by atoms with Gasteiger partial charge in [-0.3, -0.25) is 28.9 Å². The molecule has 1 aromatic carbocycles. The van der Waals surface area contributed by atoms with Gasteiger partial charge in [0.1, 0.15) is 19.8 Å². The molecule has 1 atom stereocenters. The summed E-state index contributed by atoms with van der Waals surface area (Å²) < 4.78 is 45.1. The van der Waals surface area contributed by atoms with Crippen molar-refractivity contribution in [2.45, 2.75) is 32.1 Å². The van der Waals surface area contributed by atoms with Gasteiger partial charge in [-0.1, -0.05) is 25.1 Å². The molecule has 18 heteroatoms. The van der Waals surface area contributed by atoms with Crippen molar-refractivity contribution in [2.75, 3.05) is 92.4 Å². The molecule has 3 amide bonds. The van der Waals surface area contributed by atoms with Crippen LogP contribution in [0.25, 0.3) is 22.3 Å². The van der Waals surface area contributed by atoms with Crippen molar-refractivity contribution in [3.63, 3.8) is 0 Å². The first-order valence-corrected chi connectivity index (χ1v) is 19.0. The summed E-state index contributed by atoms with van der Waals surface area (Å²) in [5.41, 5.74) is 0.979. The van der Waals surface area contributed by atoms with E-state index < -0.39 is 30.0 Å². The molecular formula is C40H46N4O14. The molecule has 58 heavy (non-hydrogen) atoms. The molecule has 0 radical (unpaired) electrons.